The first kappa shape index (κ1) is 40.7. The van der Waals surface area contributed by atoms with E-state index in [1.165, 1.54) is 14.2 Å². The maximum atomic E-state index is 13.6. The number of aromatic hydroxyl groups is 1. The van der Waals surface area contributed by atoms with Crippen molar-refractivity contribution in [3.63, 3.8) is 0 Å². The van der Waals surface area contributed by atoms with E-state index in [1.807, 2.05) is 70.2 Å². The van der Waals surface area contributed by atoms with Crippen LogP contribution in [0, 0.1) is 11.8 Å². The summed E-state index contributed by atoms with van der Waals surface area (Å²) >= 11 is 0. The van der Waals surface area contributed by atoms with Crippen LogP contribution in [0.1, 0.15) is 77.1 Å². The van der Waals surface area contributed by atoms with E-state index in [9.17, 15) is 29.4 Å². The molecule has 3 aromatic heterocycles. The highest BCUT2D eigenvalue weighted by Gasteiger charge is 2.40. The van der Waals surface area contributed by atoms with E-state index in [4.69, 9.17) is 19.7 Å². The van der Waals surface area contributed by atoms with Crippen molar-refractivity contribution in [2.24, 2.45) is 11.8 Å². The Morgan fingerprint density at radius 2 is 1.34 bits per heavy atom. The van der Waals surface area contributed by atoms with Crippen LogP contribution in [0.4, 0.5) is 9.59 Å². The smallest absolute Gasteiger partial charge is 0.407 e. The number of aromatic amines is 2. The summed E-state index contributed by atoms with van der Waals surface area (Å²) in [7, 11) is 2.70. The van der Waals surface area contributed by atoms with Gasteiger partial charge in [-0.25, -0.2) is 29.5 Å². The fourth-order valence-corrected chi connectivity index (χ4v) is 8.20. The van der Waals surface area contributed by atoms with Crippen LogP contribution in [0.2, 0.25) is 0 Å². The topological polar surface area (TPSA) is 223 Å². The minimum absolute atomic E-state index is 0.142. The maximum absolute atomic E-state index is 13.6. The molecule has 0 aliphatic carbocycles. The third-order valence-corrected chi connectivity index (χ3v) is 11.3. The molecule has 2 saturated heterocycles. The number of ether oxygens (including phenoxy) is 1. The molecular formula is C42H50N10O7. The van der Waals surface area contributed by atoms with E-state index in [2.05, 4.69) is 20.3 Å². The van der Waals surface area contributed by atoms with Gasteiger partial charge in [0.2, 0.25) is 17.7 Å². The number of rotatable bonds is 11. The van der Waals surface area contributed by atoms with Crippen molar-refractivity contribution in [3.8, 4) is 39.7 Å². The molecule has 0 radical (unpaired) electrons. The largest absolute Gasteiger partial charge is 0.492 e. The van der Waals surface area contributed by atoms with Gasteiger partial charge >= 0.3 is 12.2 Å². The summed E-state index contributed by atoms with van der Waals surface area (Å²) in [5.41, 5.74) is 4.93. The molecule has 17 nitrogen and oxygen atoms in total. The number of nitrogens with one attached hydrogen (secondary N) is 3. The van der Waals surface area contributed by atoms with Gasteiger partial charge in [0.15, 0.2) is 0 Å². The standard InChI is InChI=1S/C42H50N10O7/c1-22(2)33(49-41(56)59-6)39(54)51-17-7-9-31(51)36-44-21-30(47-36)26-15-16-27-28(19-26)48-38(53)34(45-27)25-13-11-24(12-14-25)29-20-43-37(46-29)32-10-8-18-52(32)40(55)35(23(3)4)50(5)42(57)58/h11-16,19-23,31-33,35H,7-10,17-18H2,1-6H3,(H,43,46)(H,44,47)(H,48,53)(H,49,56)(H,57,58)/t31-,32-,33-,35-/m0/s1. The molecule has 7 rings (SSSR count). The molecular weight excluding hydrogens is 757 g/mol. The zero-order valence-electron chi connectivity index (χ0n) is 34.0. The third-order valence-electron chi connectivity index (χ3n) is 11.3. The summed E-state index contributed by atoms with van der Waals surface area (Å²) in [5.74, 6) is 0.290. The number of aromatic nitrogens is 6. The summed E-state index contributed by atoms with van der Waals surface area (Å²) in [6.07, 6.45) is 4.79. The van der Waals surface area contributed by atoms with Gasteiger partial charge in [-0.05, 0) is 49.7 Å². The van der Waals surface area contributed by atoms with Gasteiger partial charge in [0.05, 0.1) is 41.6 Å². The minimum Gasteiger partial charge on any atom is -0.492 e. The van der Waals surface area contributed by atoms with Gasteiger partial charge < -0.3 is 40.0 Å². The Morgan fingerprint density at radius 1 is 0.780 bits per heavy atom. The fourth-order valence-electron chi connectivity index (χ4n) is 8.20. The first-order valence-electron chi connectivity index (χ1n) is 19.9. The quantitative estimate of drug-likeness (QED) is 0.102. The Morgan fingerprint density at radius 3 is 1.90 bits per heavy atom. The van der Waals surface area contributed by atoms with E-state index >= 15 is 0 Å². The first-order valence-corrected chi connectivity index (χ1v) is 19.9. The second-order valence-electron chi connectivity index (χ2n) is 15.8. The van der Waals surface area contributed by atoms with Crippen molar-refractivity contribution in [3.05, 3.63) is 66.5 Å². The molecule has 0 saturated carbocycles. The molecule has 2 fully saturated rings. The van der Waals surface area contributed by atoms with Crippen LogP contribution >= 0.6 is 0 Å². The maximum Gasteiger partial charge on any atom is 0.407 e. The van der Waals surface area contributed by atoms with Crippen LogP contribution in [-0.2, 0) is 14.3 Å². The first-order chi connectivity index (χ1) is 28.2. The van der Waals surface area contributed by atoms with Crippen LogP contribution in [-0.4, -0.2) is 118 Å². The second kappa shape index (κ2) is 16.8. The Kier molecular flexibility index (Phi) is 11.6. The molecule has 4 amide bonds. The monoisotopic (exact) mass is 806 g/mol. The number of hydrogen-bond acceptors (Lipinski definition) is 10. The minimum atomic E-state index is -1.15. The highest BCUT2D eigenvalue weighted by molar-refractivity contribution is 5.87. The Balaban J connectivity index is 1.05. The van der Waals surface area contributed by atoms with E-state index < -0.39 is 24.3 Å². The number of likely N-dealkylation sites (tertiary alicyclic amines) is 2. The highest BCUT2D eigenvalue weighted by Crippen LogP contribution is 2.36. The van der Waals surface area contributed by atoms with E-state index in [-0.39, 0.29) is 41.6 Å². The van der Waals surface area contributed by atoms with Crippen molar-refractivity contribution in [2.75, 3.05) is 27.2 Å². The number of alkyl carbamates (subject to hydrolysis) is 1. The lowest BCUT2D eigenvalue weighted by Crippen LogP contribution is -2.51. The Labute approximate surface area is 341 Å². The summed E-state index contributed by atoms with van der Waals surface area (Å²) in [5, 5.41) is 23.3. The predicted octanol–water partition coefficient (Wildman–Crippen LogP) is 6.12. The van der Waals surface area contributed by atoms with Crippen molar-refractivity contribution in [2.45, 2.75) is 77.5 Å². The fraction of sp³-hybridized carbons (Fsp3) is 0.429. The van der Waals surface area contributed by atoms with E-state index in [0.717, 1.165) is 35.3 Å². The van der Waals surface area contributed by atoms with Crippen molar-refractivity contribution in [1.82, 2.24) is 49.9 Å². The van der Waals surface area contributed by atoms with Gasteiger partial charge in [-0.2, -0.15) is 0 Å². The van der Waals surface area contributed by atoms with Gasteiger partial charge in [-0.15, -0.1) is 0 Å². The number of amides is 4. The number of hydrogen-bond donors (Lipinski definition) is 5. The number of methoxy groups -OCH3 is 1. The van der Waals surface area contributed by atoms with Crippen LogP contribution in [0.3, 0.4) is 0 Å². The van der Waals surface area contributed by atoms with Gasteiger partial charge in [0.25, 0.3) is 0 Å². The van der Waals surface area contributed by atoms with Crippen LogP contribution < -0.4 is 5.32 Å². The zero-order valence-corrected chi connectivity index (χ0v) is 34.0. The molecule has 4 atom stereocenters. The molecule has 310 valence electrons. The molecule has 0 bridgehead atoms. The van der Waals surface area contributed by atoms with Crippen LogP contribution in [0.5, 0.6) is 5.88 Å². The van der Waals surface area contributed by atoms with Gasteiger partial charge in [0, 0.05) is 49.2 Å². The van der Waals surface area contributed by atoms with Crippen LogP contribution in [0.15, 0.2) is 54.9 Å². The van der Waals surface area contributed by atoms with Crippen LogP contribution in [0.25, 0.3) is 44.8 Å². The predicted molar refractivity (Wildman–Crippen MR) is 218 cm³/mol. The normalized spacial score (nSPS) is 17.8. The lowest BCUT2D eigenvalue weighted by molar-refractivity contribution is -0.138. The molecule has 2 aromatic carbocycles. The van der Waals surface area contributed by atoms with Crippen molar-refractivity contribution >= 4 is 35.0 Å². The summed E-state index contributed by atoms with van der Waals surface area (Å²) in [6, 6.07) is 10.8. The highest BCUT2D eigenvalue weighted by atomic mass is 16.5. The number of carboxylic acid groups (broad SMARTS) is 1. The number of nitrogens with zero attached hydrogens (tertiary/aromatic N) is 7. The number of imidazole rings is 2. The zero-order chi connectivity index (χ0) is 42.1. The van der Waals surface area contributed by atoms with E-state index in [1.54, 1.807) is 22.2 Å². The molecule has 0 unspecified atom stereocenters. The Hall–Kier alpha value is -6.52. The second-order valence-corrected chi connectivity index (χ2v) is 15.8. The molecule has 59 heavy (non-hydrogen) atoms. The average Bonchev–Trinajstić information content (AvgIpc) is 4.06. The molecule has 2 aliphatic rings. The summed E-state index contributed by atoms with van der Waals surface area (Å²) in [4.78, 5) is 80.9. The average molecular weight is 807 g/mol. The number of likely N-dealkylation sites (N-methyl/N-ethyl adjacent to an activating group) is 1. The number of benzene rings is 2. The summed E-state index contributed by atoms with van der Waals surface area (Å²) in [6.45, 7) is 8.50. The van der Waals surface area contributed by atoms with Crippen molar-refractivity contribution in [1.29, 1.82) is 0 Å². The molecule has 5 N–H and O–H groups in total. The number of fused-ring (bicyclic) bond motifs is 1. The van der Waals surface area contributed by atoms with Gasteiger partial charge in [-0.3, -0.25) is 14.5 Å². The molecule has 0 spiro atoms. The lowest BCUT2D eigenvalue weighted by atomic mass is 10.0. The summed E-state index contributed by atoms with van der Waals surface area (Å²) < 4.78 is 4.75. The Bertz CT molecular complexity index is 2360. The van der Waals surface area contributed by atoms with Gasteiger partial charge in [-0.1, -0.05) is 58.0 Å². The van der Waals surface area contributed by atoms with Gasteiger partial charge in [0.1, 0.15) is 29.4 Å². The molecule has 5 heterocycles. The molecule has 5 aromatic rings. The number of carbonyl (C=O) groups excluding carboxylic acids is 3. The lowest BCUT2D eigenvalue weighted by Gasteiger charge is -2.33. The van der Waals surface area contributed by atoms with Crippen molar-refractivity contribution < 1.29 is 34.1 Å². The molecule has 2 aliphatic heterocycles. The third kappa shape index (κ3) is 8.13. The SMILES string of the molecule is COC(=O)N[C@H](C(=O)N1CCC[C@H]1c1nc(-c2ccc3nc(-c4ccc(-c5c[nH]c([C@@H]6CCCN6C(=O)[C@H](C(C)C)N(C)C(=O)O)n5)cc4)c(O)nc3c2)c[nH]1)C(C)C. The number of H-pyrrole nitrogens is 2. The number of carbonyl (C=O) groups is 4. The molecule has 17 heteroatoms. The van der Waals surface area contributed by atoms with E-state index in [0.29, 0.717) is 64.8 Å².